The molecule has 0 unspecified atom stereocenters. The first-order chi connectivity index (χ1) is 14.9. The molecule has 30 heavy (non-hydrogen) atoms. The molecule has 0 aliphatic carbocycles. The fourth-order valence-electron chi connectivity index (χ4n) is 2.73. The summed E-state index contributed by atoms with van der Waals surface area (Å²) in [4.78, 5) is 10.1. The van der Waals surface area contributed by atoms with Gasteiger partial charge in [-0.05, 0) is 29.8 Å². The van der Waals surface area contributed by atoms with Crippen LogP contribution in [0, 0.1) is 0 Å². The van der Waals surface area contributed by atoms with Crippen LogP contribution in [0.1, 0.15) is 5.56 Å². The highest BCUT2D eigenvalue weighted by atomic mass is 32.1. The standard InChI is InChI=1S/C22H29N3O4S/c1-26-9-10-28-13-14-29-12-11-27-8-7-23-16-18-4-5-19(25-17-18)22-15-20-21(30-22)3-2-6-24-20/h2-6,15,17,23H,7-14,16H2,1H3. The molecule has 0 aliphatic rings. The molecule has 0 radical (unpaired) electrons. The van der Waals surface area contributed by atoms with Gasteiger partial charge in [0.1, 0.15) is 0 Å². The molecule has 7 nitrogen and oxygen atoms in total. The van der Waals surface area contributed by atoms with Crippen LogP contribution in [0.25, 0.3) is 20.8 Å². The minimum absolute atomic E-state index is 0.576. The highest BCUT2D eigenvalue weighted by Gasteiger charge is 2.06. The van der Waals surface area contributed by atoms with Crippen molar-refractivity contribution in [3.8, 4) is 10.6 Å². The van der Waals surface area contributed by atoms with Crippen molar-refractivity contribution in [1.82, 2.24) is 15.3 Å². The zero-order valence-corrected chi connectivity index (χ0v) is 18.2. The van der Waals surface area contributed by atoms with Crippen molar-refractivity contribution in [3.05, 3.63) is 48.3 Å². The fraction of sp³-hybridized carbons (Fsp3) is 0.455. The monoisotopic (exact) mass is 431 g/mol. The molecular weight excluding hydrogens is 402 g/mol. The Balaban J connectivity index is 1.24. The lowest BCUT2D eigenvalue weighted by Crippen LogP contribution is -2.20. The summed E-state index contributed by atoms with van der Waals surface area (Å²) in [6.45, 7) is 5.72. The maximum Gasteiger partial charge on any atom is 0.0816 e. The van der Waals surface area contributed by atoms with Gasteiger partial charge in [0.05, 0.1) is 67.0 Å². The van der Waals surface area contributed by atoms with Gasteiger partial charge in [-0.3, -0.25) is 9.97 Å². The molecular formula is C22H29N3O4S. The molecule has 0 spiro atoms. The summed E-state index contributed by atoms with van der Waals surface area (Å²) >= 11 is 1.71. The van der Waals surface area contributed by atoms with Gasteiger partial charge in [-0.2, -0.15) is 0 Å². The summed E-state index contributed by atoms with van der Waals surface area (Å²) in [5.41, 5.74) is 3.15. The van der Waals surface area contributed by atoms with Crippen molar-refractivity contribution >= 4 is 21.6 Å². The molecule has 8 heteroatoms. The van der Waals surface area contributed by atoms with Gasteiger partial charge in [-0.15, -0.1) is 11.3 Å². The summed E-state index contributed by atoms with van der Waals surface area (Å²) in [7, 11) is 1.66. The number of nitrogens with one attached hydrogen (secondary N) is 1. The molecule has 162 valence electrons. The van der Waals surface area contributed by atoms with Gasteiger partial charge >= 0.3 is 0 Å². The van der Waals surface area contributed by atoms with Gasteiger partial charge in [-0.1, -0.05) is 6.07 Å². The van der Waals surface area contributed by atoms with Crippen LogP contribution in [0.4, 0.5) is 0 Å². The smallest absolute Gasteiger partial charge is 0.0816 e. The van der Waals surface area contributed by atoms with Crippen LogP contribution < -0.4 is 5.32 Å². The number of methoxy groups -OCH3 is 1. The molecule has 3 aromatic rings. The number of hydrogen-bond donors (Lipinski definition) is 1. The van der Waals surface area contributed by atoms with Crippen LogP contribution in [0.5, 0.6) is 0 Å². The third-order valence-electron chi connectivity index (χ3n) is 4.29. The molecule has 0 bridgehead atoms. The minimum Gasteiger partial charge on any atom is -0.382 e. The van der Waals surface area contributed by atoms with Gasteiger partial charge in [0.2, 0.25) is 0 Å². The molecule has 0 saturated heterocycles. The third-order valence-corrected chi connectivity index (χ3v) is 5.40. The number of hydrogen-bond acceptors (Lipinski definition) is 8. The average Bonchev–Trinajstić information content (AvgIpc) is 3.22. The first kappa shape index (κ1) is 22.7. The summed E-state index contributed by atoms with van der Waals surface area (Å²) in [6, 6.07) is 10.3. The molecule has 3 rings (SSSR count). The first-order valence-corrected chi connectivity index (χ1v) is 10.9. The van der Waals surface area contributed by atoms with Gasteiger partial charge in [-0.25, -0.2) is 0 Å². The Labute approximate surface area is 181 Å². The molecule has 0 fully saturated rings. The van der Waals surface area contributed by atoms with E-state index in [-0.39, 0.29) is 0 Å². The summed E-state index contributed by atoms with van der Waals surface area (Å²) in [5.74, 6) is 0. The topological polar surface area (TPSA) is 74.7 Å². The lowest BCUT2D eigenvalue weighted by Gasteiger charge is -2.08. The van der Waals surface area contributed by atoms with Gasteiger partial charge in [0, 0.05) is 32.6 Å². The number of fused-ring (bicyclic) bond motifs is 1. The fourth-order valence-corrected chi connectivity index (χ4v) is 3.73. The molecule has 3 heterocycles. The predicted molar refractivity (Wildman–Crippen MR) is 119 cm³/mol. The number of rotatable bonds is 15. The Morgan fingerprint density at radius 1 is 0.900 bits per heavy atom. The second kappa shape index (κ2) is 13.4. The van der Waals surface area contributed by atoms with Crippen molar-refractivity contribution in [3.63, 3.8) is 0 Å². The zero-order chi connectivity index (χ0) is 20.9. The molecule has 0 amide bonds. The minimum atomic E-state index is 0.576. The average molecular weight is 432 g/mol. The van der Waals surface area contributed by atoms with E-state index in [9.17, 15) is 0 Å². The van der Waals surface area contributed by atoms with E-state index in [1.807, 2.05) is 18.5 Å². The predicted octanol–water partition coefficient (Wildman–Crippen LogP) is 3.14. The zero-order valence-electron chi connectivity index (χ0n) is 17.3. The summed E-state index contributed by atoms with van der Waals surface area (Å²) < 4.78 is 22.4. The Morgan fingerprint density at radius 2 is 1.67 bits per heavy atom. The van der Waals surface area contributed by atoms with E-state index < -0.39 is 0 Å². The van der Waals surface area contributed by atoms with Crippen molar-refractivity contribution in [1.29, 1.82) is 0 Å². The third kappa shape index (κ3) is 7.71. The lowest BCUT2D eigenvalue weighted by atomic mass is 10.2. The van der Waals surface area contributed by atoms with Gasteiger partial charge in [0.15, 0.2) is 0 Å². The SMILES string of the molecule is COCCOCCOCCOCCNCc1ccc(-c2cc3ncccc3s2)nc1. The number of ether oxygens (including phenoxy) is 4. The molecule has 3 aromatic heterocycles. The molecule has 0 atom stereocenters. The quantitative estimate of drug-likeness (QED) is 0.371. The number of thiophene rings is 1. The second-order valence-electron chi connectivity index (χ2n) is 6.56. The molecule has 0 aromatic carbocycles. The van der Waals surface area contributed by atoms with E-state index in [2.05, 4.69) is 39.6 Å². The van der Waals surface area contributed by atoms with Crippen LogP contribution in [-0.2, 0) is 25.5 Å². The summed E-state index contributed by atoms with van der Waals surface area (Å²) in [6.07, 6.45) is 3.74. The van der Waals surface area contributed by atoms with E-state index >= 15 is 0 Å². The largest absolute Gasteiger partial charge is 0.382 e. The normalized spacial score (nSPS) is 11.4. The maximum absolute atomic E-state index is 5.55. The summed E-state index contributed by atoms with van der Waals surface area (Å²) in [5, 5.41) is 3.37. The Morgan fingerprint density at radius 3 is 2.37 bits per heavy atom. The van der Waals surface area contributed by atoms with Gasteiger partial charge < -0.3 is 24.3 Å². The first-order valence-electron chi connectivity index (χ1n) is 10.1. The van der Waals surface area contributed by atoms with E-state index in [1.165, 1.54) is 4.70 Å². The Bertz CT molecular complexity index is 824. The Kier molecular flexibility index (Phi) is 10.1. The van der Waals surface area contributed by atoms with Gasteiger partial charge in [0.25, 0.3) is 0 Å². The highest BCUT2D eigenvalue weighted by Crippen LogP contribution is 2.31. The van der Waals surface area contributed by atoms with Crippen LogP contribution in [0.15, 0.2) is 42.7 Å². The van der Waals surface area contributed by atoms with E-state index in [4.69, 9.17) is 18.9 Å². The van der Waals surface area contributed by atoms with Crippen LogP contribution >= 0.6 is 11.3 Å². The van der Waals surface area contributed by atoms with E-state index in [0.717, 1.165) is 34.7 Å². The van der Waals surface area contributed by atoms with Crippen molar-refractivity contribution in [2.45, 2.75) is 6.54 Å². The van der Waals surface area contributed by atoms with Crippen LogP contribution in [0.3, 0.4) is 0 Å². The number of pyridine rings is 2. The second-order valence-corrected chi connectivity index (χ2v) is 7.64. The molecule has 1 N–H and O–H groups in total. The van der Waals surface area contributed by atoms with Crippen LogP contribution in [0.2, 0.25) is 0 Å². The van der Waals surface area contributed by atoms with Crippen molar-refractivity contribution in [2.75, 3.05) is 59.9 Å². The lowest BCUT2D eigenvalue weighted by molar-refractivity contribution is 0.00408. The van der Waals surface area contributed by atoms with E-state index in [0.29, 0.717) is 46.2 Å². The van der Waals surface area contributed by atoms with E-state index in [1.54, 1.807) is 18.4 Å². The van der Waals surface area contributed by atoms with Crippen molar-refractivity contribution in [2.24, 2.45) is 0 Å². The maximum atomic E-state index is 5.55. The van der Waals surface area contributed by atoms with Crippen molar-refractivity contribution < 1.29 is 18.9 Å². The number of nitrogens with zero attached hydrogens (tertiary/aromatic N) is 2. The van der Waals surface area contributed by atoms with Crippen LogP contribution in [-0.4, -0.2) is 69.9 Å². The molecule has 0 aliphatic heterocycles. The molecule has 0 saturated carbocycles. The highest BCUT2D eigenvalue weighted by molar-refractivity contribution is 7.22. The Hall–Kier alpha value is -1.94. The number of aromatic nitrogens is 2.